The Labute approximate surface area is 112 Å². The topological polar surface area (TPSA) is 57.5 Å². The SMILES string of the molecule is CC(=O)O.CC1c2ccccc2-c2ccc(O)cc21. The van der Waals surface area contributed by atoms with Gasteiger partial charge in [0.1, 0.15) is 5.75 Å². The predicted molar refractivity (Wildman–Crippen MR) is 74.4 cm³/mol. The normalized spacial score (nSPS) is 14.9. The first kappa shape index (κ1) is 13.1. The molecule has 0 aliphatic heterocycles. The maximum atomic E-state index is 9.49. The van der Waals surface area contributed by atoms with Gasteiger partial charge in [-0.2, -0.15) is 0 Å². The van der Waals surface area contributed by atoms with Crippen LogP contribution in [0.2, 0.25) is 0 Å². The number of phenols is 1. The molecule has 98 valence electrons. The number of carbonyl (C=O) groups is 1. The van der Waals surface area contributed by atoms with Gasteiger partial charge in [-0.3, -0.25) is 4.79 Å². The van der Waals surface area contributed by atoms with Crippen molar-refractivity contribution in [2.75, 3.05) is 0 Å². The Morgan fingerprint density at radius 2 is 1.63 bits per heavy atom. The van der Waals surface area contributed by atoms with Crippen molar-refractivity contribution >= 4 is 5.97 Å². The predicted octanol–water partition coefficient (Wildman–Crippen LogP) is 3.62. The van der Waals surface area contributed by atoms with Gasteiger partial charge in [0, 0.05) is 12.8 Å². The van der Waals surface area contributed by atoms with E-state index in [0.717, 1.165) is 6.92 Å². The molecule has 1 atom stereocenters. The van der Waals surface area contributed by atoms with E-state index in [1.165, 1.54) is 22.3 Å². The van der Waals surface area contributed by atoms with Crippen LogP contribution in [-0.2, 0) is 4.79 Å². The third-order valence-corrected chi connectivity index (χ3v) is 3.22. The van der Waals surface area contributed by atoms with Gasteiger partial charge >= 0.3 is 0 Å². The van der Waals surface area contributed by atoms with E-state index in [9.17, 15) is 5.11 Å². The van der Waals surface area contributed by atoms with Gasteiger partial charge in [0.25, 0.3) is 5.97 Å². The molecule has 2 aromatic carbocycles. The molecule has 1 unspecified atom stereocenters. The molecule has 2 N–H and O–H groups in total. The molecule has 2 aromatic rings. The number of fused-ring (bicyclic) bond motifs is 3. The van der Waals surface area contributed by atoms with E-state index in [-0.39, 0.29) is 0 Å². The van der Waals surface area contributed by atoms with Crippen LogP contribution in [0.15, 0.2) is 42.5 Å². The zero-order valence-corrected chi connectivity index (χ0v) is 10.9. The number of rotatable bonds is 0. The minimum Gasteiger partial charge on any atom is -0.508 e. The van der Waals surface area contributed by atoms with Crippen molar-refractivity contribution in [2.45, 2.75) is 19.8 Å². The summed E-state index contributed by atoms with van der Waals surface area (Å²) in [6, 6.07) is 14.1. The van der Waals surface area contributed by atoms with E-state index in [4.69, 9.17) is 9.90 Å². The lowest BCUT2D eigenvalue weighted by molar-refractivity contribution is -0.134. The van der Waals surface area contributed by atoms with Crippen LogP contribution in [0, 0.1) is 0 Å². The maximum Gasteiger partial charge on any atom is 0.300 e. The van der Waals surface area contributed by atoms with Crippen molar-refractivity contribution in [3.05, 3.63) is 53.6 Å². The molecule has 0 saturated carbocycles. The Morgan fingerprint density at radius 1 is 1.05 bits per heavy atom. The highest BCUT2D eigenvalue weighted by Gasteiger charge is 2.24. The maximum absolute atomic E-state index is 9.49. The summed E-state index contributed by atoms with van der Waals surface area (Å²) < 4.78 is 0. The molecule has 1 aliphatic rings. The van der Waals surface area contributed by atoms with Gasteiger partial charge < -0.3 is 10.2 Å². The Hall–Kier alpha value is -2.29. The van der Waals surface area contributed by atoms with E-state index in [1.54, 1.807) is 6.07 Å². The van der Waals surface area contributed by atoms with Gasteiger partial charge in [0.05, 0.1) is 0 Å². The van der Waals surface area contributed by atoms with Crippen LogP contribution in [-0.4, -0.2) is 16.2 Å². The van der Waals surface area contributed by atoms with E-state index in [1.807, 2.05) is 12.1 Å². The largest absolute Gasteiger partial charge is 0.508 e. The summed E-state index contributed by atoms with van der Waals surface area (Å²) in [7, 11) is 0. The van der Waals surface area contributed by atoms with Crippen molar-refractivity contribution in [1.29, 1.82) is 0 Å². The molecule has 0 spiro atoms. The average Bonchev–Trinajstić information content (AvgIpc) is 2.63. The summed E-state index contributed by atoms with van der Waals surface area (Å²) in [5, 5.41) is 16.9. The number of phenolic OH excluding ortho intramolecular Hbond substituents is 1. The smallest absolute Gasteiger partial charge is 0.300 e. The highest BCUT2D eigenvalue weighted by atomic mass is 16.4. The van der Waals surface area contributed by atoms with Crippen LogP contribution in [0.5, 0.6) is 5.75 Å². The van der Waals surface area contributed by atoms with Crippen molar-refractivity contribution in [2.24, 2.45) is 0 Å². The quantitative estimate of drug-likeness (QED) is 0.757. The molecule has 3 nitrogen and oxygen atoms in total. The third kappa shape index (κ3) is 2.60. The Balaban J connectivity index is 0.000000297. The van der Waals surface area contributed by atoms with E-state index in [0.29, 0.717) is 11.7 Å². The Kier molecular flexibility index (Phi) is 3.56. The second kappa shape index (κ2) is 5.14. The van der Waals surface area contributed by atoms with E-state index < -0.39 is 5.97 Å². The van der Waals surface area contributed by atoms with Gasteiger partial charge in [-0.25, -0.2) is 0 Å². The van der Waals surface area contributed by atoms with Crippen LogP contribution in [0.25, 0.3) is 11.1 Å². The summed E-state index contributed by atoms with van der Waals surface area (Å²) in [5.41, 5.74) is 5.16. The number of carboxylic acid groups (broad SMARTS) is 1. The van der Waals surface area contributed by atoms with Crippen LogP contribution >= 0.6 is 0 Å². The molecule has 0 bridgehead atoms. The molecule has 0 fully saturated rings. The molecule has 0 amide bonds. The molecular weight excluding hydrogens is 240 g/mol. The molecule has 0 heterocycles. The lowest BCUT2D eigenvalue weighted by Crippen LogP contribution is -1.88. The van der Waals surface area contributed by atoms with Crippen LogP contribution in [0.1, 0.15) is 30.9 Å². The van der Waals surface area contributed by atoms with E-state index >= 15 is 0 Å². The van der Waals surface area contributed by atoms with Gasteiger partial charge in [-0.1, -0.05) is 37.3 Å². The monoisotopic (exact) mass is 256 g/mol. The fraction of sp³-hybridized carbons (Fsp3) is 0.188. The lowest BCUT2D eigenvalue weighted by atomic mass is 9.99. The van der Waals surface area contributed by atoms with Gasteiger partial charge in [-0.15, -0.1) is 0 Å². The highest BCUT2D eigenvalue weighted by Crippen LogP contribution is 2.45. The summed E-state index contributed by atoms with van der Waals surface area (Å²) in [6.07, 6.45) is 0. The minimum absolute atomic E-state index is 0.355. The van der Waals surface area contributed by atoms with E-state index in [2.05, 4.69) is 31.2 Å². The average molecular weight is 256 g/mol. The third-order valence-electron chi connectivity index (χ3n) is 3.22. The molecule has 3 heteroatoms. The number of hydrogen-bond donors (Lipinski definition) is 2. The molecule has 1 aliphatic carbocycles. The number of hydrogen-bond acceptors (Lipinski definition) is 2. The fourth-order valence-electron chi connectivity index (χ4n) is 2.44. The molecule has 3 rings (SSSR count). The minimum atomic E-state index is -0.833. The fourth-order valence-corrected chi connectivity index (χ4v) is 2.44. The van der Waals surface area contributed by atoms with Crippen molar-refractivity contribution < 1.29 is 15.0 Å². The number of benzene rings is 2. The molecular formula is C16H16O3. The van der Waals surface area contributed by atoms with Crippen LogP contribution < -0.4 is 0 Å². The highest BCUT2D eigenvalue weighted by molar-refractivity contribution is 5.79. The Morgan fingerprint density at radius 3 is 2.32 bits per heavy atom. The van der Waals surface area contributed by atoms with Gasteiger partial charge in [0.15, 0.2) is 0 Å². The number of aliphatic carboxylic acids is 1. The van der Waals surface area contributed by atoms with Crippen molar-refractivity contribution in [3.63, 3.8) is 0 Å². The molecule has 19 heavy (non-hydrogen) atoms. The number of carboxylic acids is 1. The van der Waals surface area contributed by atoms with Crippen molar-refractivity contribution in [3.8, 4) is 16.9 Å². The molecule has 0 saturated heterocycles. The van der Waals surface area contributed by atoms with Crippen LogP contribution in [0.3, 0.4) is 0 Å². The second-order valence-corrected chi connectivity index (χ2v) is 4.60. The van der Waals surface area contributed by atoms with Gasteiger partial charge in [-0.05, 0) is 34.4 Å². The van der Waals surface area contributed by atoms with Gasteiger partial charge in [0.2, 0.25) is 0 Å². The first-order chi connectivity index (χ1) is 9.00. The first-order valence-electron chi connectivity index (χ1n) is 6.12. The summed E-state index contributed by atoms with van der Waals surface area (Å²) in [6.45, 7) is 3.27. The first-order valence-corrected chi connectivity index (χ1v) is 6.12. The summed E-state index contributed by atoms with van der Waals surface area (Å²) >= 11 is 0. The summed E-state index contributed by atoms with van der Waals surface area (Å²) in [4.78, 5) is 9.00. The standard InChI is InChI=1S/C14H12O.C2H4O2/c1-9-11-4-2-3-5-12(11)13-7-6-10(15)8-14(9)13;1-2(3)4/h2-9,15H,1H3;1H3,(H,3,4). The summed E-state index contributed by atoms with van der Waals surface area (Å²) in [5.74, 6) is -0.0864. The lowest BCUT2D eigenvalue weighted by Gasteiger charge is -2.05. The Bertz CT molecular complexity index is 613. The zero-order chi connectivity index (χ0) is 14.0. The van der Waals surface area contributed by atoms with Crippen molar-refractivity contribution in [1.82, 2.24) is 0 Å². The number of aromatic hydroxyl groups is 1. The molecule has 0 aromatic heterocycles. The molecule has 0 radical (unpaired) electrons. The second-order valence-electron chi connectivity index (χ2n) is 4.60. The van der Waals surface area contributed by atoms with Crippen LogP contribution in [0.4, 0.5) is 0 Å². The zero-order valence-electron chi connectivity index (χ0n) is 10.9.